The molecule has 6 heteroatoms. The van der Waals surface area contributed by atoms with E-state index in [1.165, 1.54) is 38.5 Å². The van der Waals surface area contributed by atoms with Crippen LogP contribution in [0.3, 0.4) is 0 Å². The Morgan fingerprint density at radius 1 is 0.639 bits per heavy atom. The maximum Gasteiger partial charge on any atom is 0.343 e. The number of rotatable bonds is 16. The monoisotopic (exact) mass is 496 g/mol. The van der Waals surface area contributed by atoms with Crippen molar-refractivity contribution >= 4 is 17.9 Å². The molecule has 0 saturated carbocycles. The van der Waals surface area contributed by atoms with Crippen molar-refractivity contribution in [2.24, 2.45) is 0 Å². The van der Waals surface area contributed by atoms with E-state index < -0.39 is 11.9 Å². The zero-order chi connectivity index (χ0) is 26.2. The molecule has 0 radical (unpaired) electrons. The molecule has 0 aliphatic heterocycles. The Morgan fingerprint density at radius 2 is 1.11 bits per heavy atom. The van der Waals surface area contributed by atoms with Crippen molar-refractivity contribution in [3.63, 3.8) is 0 Å². The van der Waals surface area contributed by atoms with E-state index in [1.54, 1.807) is 48.5 Å². The number of hydrogen-bond donors (Lipinski definition) is 0. The Kier molecular flexibility index (Phi) is 13.3. The fourth-order valence-electron chi connectivity index (χ4n) is 3.58. The van der Waals surface area contributed by atoms with Crippen LogP contribution in [0.1, 0.15) is 112 Å². The van der Waals surface area contributed by atoms with Gasteiger partial charge >= 0.3 is 17.9 Å². The number of carbonyl (C=O) groups excluding carboxylic acids is 3. The second-order valence-corrected chi connectivity index (χ2v) is 9.11. The normalized spacial score (nSPS) is 11.5. The summed E-state index contributed by atoms with van der Waals surface area (Å²) in [4.78, 5) is 36.6. The summed E-state index contributed by atoms with van der Waals surface area (Å²) in [5.41, 5.74) is 0.720. The van der Waals surface area contributed by atoms with Gasteiger partial charge in [-0.1, -0.05) is 65.2 Å². The molecule has 2 aromatic carbocycles. The Balaban J connectivity index is 1.71. The van der Waals surface area contributed by atoms with E-state index in [2.05, 4.69) is 6.92 Å². The van der Waals surface area contributed by atoms with Gasteiger partial charge in [0.15, 0.2) is 0 Å². The maximum absolute atomic E-state index is 12.4. The minimum atomic E-state index is -0.544. The average molecular weight is 497 g/mol. The van der Waals surface area contributed by atoms with Gasteiger partial charge in [0, 0.05) is 6.42 Å². The highest BCUT2D eigenvalue weighted by atomic mass is 16.5. The molecule has 0 spiro atoms. The highest BCUT2D eigenvalue weighted by Crippen LogP contribution is 2.18. The molecule has 2 aromatic rings. The summed E-state index contributed by atoms with van der Waals surface area (Å²) in [5, 5.41) is 0. The van der Waals surface area contributed by atoms with Gasteiger partial charge in [-0.3, -0.25) is 4.79 Å². The summed E-state index contributed by atoms with van der Waals surface area (Å²) in [7, 11) is 0. The van der Waals surface area contributed by atoms with Crippen molar-refractivity contribution in [2.45, 2.75) is 97.5 Å². The molecule has 0 aliphatic carbocycles. The fourth-order valence-corrected chi connectivity index (χ4v) is 3.58. The van der Waals surface area contributed by atoms with E-state index in [0.717, 1.165) is 25.7 Å². The Morgan fingerprint density at radius 3 is 1.64 bits per heavy atom. The molecule has 6 nitrogen and oxygen atoms in total. The quantitative estimate of drug-likeness (QED) is 0.135. The van der Waals surface area contributed by atoms with Crippen LogP contribution in [0.2, 0.25) is 0 Å². The standard InChI is InChI=1S/C30H40O6/c1-4-6-7-8-9-10-11-12-13-14-28(31)35-26-19-15-25(16-20-26)30(33)36-27-21-17-24(18-22-27)29(32)34-23(3)5-2/h15-23H,4-14H2,1-3H3/t23-/m0/s1. The van der Waals surface area contributed by atoms with E-state index in [-0.39, 0.29) is 12.1 Å². The van der Waals surface area contributed by atoms with Crippen LogP contribution < -0.4 is 9.47 Å². The van der Waals surface area contributed by atoms with Gasteiger partial charge in [-0.2, -0.15) is 0 Å². The largest absolute Gasteiger partial charge is 0.459 e. The van der Waals surface area contributed by atoms with Gasteiger partial charge in [0.2, 0.25) is 0 Å². The Hall–Kier alpha value is -3.15. The molecular weight excluding hydrogens is 456 g/mol. The van der Waals surface area contributed by atoms with E-state index in [9.17, 15) is 14.4 Å². The van der Waals surface area contributed by atoms with Crippen LogP contribution in [0.25, 0.3) is 0 Å². The van der Waals surface area contributed by atoms with Crippen LogP contribution in [0, 0.1) is 0 Å². The van der Waals surface area contributed by atoms with Gasteiger partial charge < -0.3 is 14.2 Å². The lowest BCUT2D eigenvalue weighted by atomic mass is 10.1. The predicted molar refractivity (Wildman–Crippen MR) is 140 cm³/mol. The molecule has 0 heterocycles. The van der Waals surface area contributed by atoms with Crippen molar-refractivity contribution in [1.29, 1.82) is 0 Å². The van der Waals surface area contributed by atoms with Gasteiger partial charge in [0.25, 0.3) is 0 Å². The van der Waals surface area contributed by atoms with Crippen molar-refractivity contribution in [3.05, 3.63) is 59.7 Å². The van der Waals surface area contributed by atoms with Crippen LogP contribution in [-0.4, -0.2) is 24.0 Å². The van der Waals surface area contributed by atoms with E-state index in [0.29, 0.717) is 29.0 Å². The van der Waals surface area contributed by atoms with Crippen molar-refractivity contribution in [3.8, 4) is 11.5 Å². The molecular formula is C30H40O6. The lowest BCUT2D eigenvalue weighted by Crippen LogP contribution is -2.14. The third-order valence-electron chi connectivity index (χ3n) is 5.99. The SMILES string of the molecule is CCCCCCCCCCCC(=O)Oc1ccc(C(=O)Oc2ccc(C(=O)O[C@@H](C)CC)cc2)cc1. The lowest BCUT2D eigenvalue weighted by Gasteiger charge is -2.11. The van der Waals surface area contributed by atoms with Crippen molar-refractivity contribution in [1.82, 2.24) is 0 Å². The van der Waals surface area contributed by atoms with Crippen molar-refractivity contribution < 1.29 is 28.6 Å². The molecule has 0 unspecified atom stereocenters. The number of carbonyl (C=O) groups is 3. The molecule has 0 fully saturated rings. The van der Waals surface area contributed by atoms with E-state index in [4.69, 9.17) is 14.2 Å². The van der Waals surface area contributed by atoms with Gasteiger partial charge in [0.1, 0.15) is 11.5 Å². The van der Waals surface area contributed by atoms with Gasteiger partial charge in [-0.15, -0.1) is 0 Å². The van der Waals surface area contributed by atoms with Gasteiger partial charge in [0.05, 0.1) is 17.2 Å². The zero-order valence-corrected chi connectivity index (χ0v) is 21.9. The molecule has 0 aliphatic rings. The van der Waals surface area contributed by atoms with Crippen LogP contribution in [0.4, 0.5) is 0 Å². The topological polar surface area (TPSA) is 78.9 Å². The van der Waals surface area contributed by atoms with Crippen LogP contribution in [-0.2, 0) is 9.53 Å². The predicted octanol–water partition coefficient (Wildman–Crippen LogP) is 7.69. The molecule has 0 bridgehead atoms. The summed E-state index contributed by atoms with van der Waals surface area (Å²) in [6, 6.07) is 12.5. The van der Waals surface area contributed by atoms with E-state index >= 15 is 0 Å². The molecule has 0 aromatic heterocycles. The number of benzene rings is 2. The summed E-state index contributed by atoms with van der Waals surface area (Å²) < 4.78 is 16.0. The molecule has 0 saturated heterocycles. The number of ether oxygens (including phenoxy) is 3. The molecule has 2 rings (SSSR count). The lowest BCUT2D eigenvalue weighted by molar-refractivity contribution is -0.134. The van der Waals surface area contributed by atoms with Crippen LogP contribution >= 0.6 is 0 Å². The van der Waals surface area contributed by atoms with Crippen LogP contribution in [0.5, 0.6) is 11.5 Å². The molecule has 0 amide bonds. The minimum absolute atomic E-state index is 0.160. The zero-order valence-electron chi connectivity index (χ0n) is 21.9. The number of esters is 3. The summed E-state index contributed by atoms with van der Waals surface area (Å²) in [6.45, 7) is 5.99. The Bertz CT molecular complexity index is 933. The smallest absolute Gasteiger partial charge is 0.343 e. The summed E-state index contributed by atoms with van der Waals surface area (Å²) in [6.07, 6.45) is 11.7. The minimum Gasteiger partial charge on any atom is -0.459 e. The first kappa shape index (κ1) is 29.1. The summed E-state index contributed by atoms with van der Waals surface area (Å²) in [5.74, 6) is -0.504. The Labute approximate surface area is 215 Å². The van der Waals surface area contributed by atoms with Crippen molar-refractivity contribution in [2.75, 3.05) is 0 Å². The second-order valence-electron chi connectivity index (χ2n) is 9.11. The average Bonchev–Trinajstić information content (AvgIpc) is 2.88. The molecule has 36 heavy (non-hydrogen) atoms. The highest BCUT2D eigenvalue weighted by molar-refractivity contribution is 5.92. The second kappa shape index (κ2) is 16.5. The fraction of sp³-hybridized carbons (Fsp3) is 0.500. The highest BCUT2D eigenvalue weighted by Gasteiger charge is 2.13. The third-order valence-corrected chi connectivity index (χ3v) is 5.99. The first-order valence-corrected chi connectivity index (χ1v) is 13.3. The molecule has 0 N–H and O–H groups in total. The van der Waals surface area contributed by atoms with Gasteiger partial charge in [-0.25, -0.2) is 9.59 Å². The molecule has 196 valence electrons. The maximum atomic E-state index is 12.4. The van der Waals surface area contributed by atoms with E-state index in [1.807, 2.05) is 13.8 Å². The summed E-state index contributed by atoms with van der Waals surface area (Å²) >= 11 is 0. The first-order valence-electron chi connectivity index (χ1n) is 13.3. The number of hydrogen-bond acceptors (Lipinski definition) is 6. The third kappa shape index (κ3) is 11.1. The van der Waals surface area contributed by atoms with Crippen LogP contribution in [0.15, 0.2) is 48.5 Å². The van der Waals surface area contributed by atoms with Gasteiger partial charge in [-0.05, 0) is 68.3 Å². The number of unbranched alkanes of at least 4 members (excludes halogenated alkanes) is 8. The first-order chi connectivity index (χ1) is 17.4. The molecule has 1 atom stereocenters.